The van der Waals surface area contributed by atoms with Crippen molar-refractivity contribution in [3.8, 4) is 34.5 Å². The molecule has 0 saturated heterocycles. The van der Waals surface area contributed by atoms with Gasteiger partial charge in [-0.25, -0.2) is 0 Å². The first-order valence-electron chi connectivity index (χ1n) is 24.9. The van der Waals surface area contributed by atoms with Gasteiger partial charge in [-0.2, -0.15) is 0 Å². The number of carbonyl (C=O) groups excluding carboxylic acids is 1. The van der Waals surface area contributed by atoms with Gasteiger partial charge in [-0.15, -0.1) is 0 Å². The van der Waals surface area contributed by atoms with Crippen molar-refractivity contribution in [3.05, 3.63) is 156 Å². The van der Waals surface area contributed by atoms with E-state index in [0.29, 0.717) is 59.3 Å². The Morgan fingerprint density at radius 3 is 1.37 bits per heavy atom. The third-order valence-corrected chi connectivity index (χ3v) is 23.9. The van der Waals surface area contributed by atoms with E-state index in [0.717, 1.165) is 27.9 Å². The summed E-state index contributed by atoms with van der Waals surface area (Å²) in [5.74, 6) is 2.23. The fraction of sp³-hybridized carbons (Fsp3) is 0.367. The Bertz CT molecular complexity index is 2630. The maximum Gasteiger partial charge on any atom is 0.305 e. The molecule has 0 fully saturated rings. The molecule has 6 aromatic rings. The Hall–Kier alpha value is -6.39. The number of methoxy groups -OCH3 is 6. The van der Waals surface area contributed by atoms with Crippen molar-refractivity contribution < 1.29 is 52.0 Å². The summed E-state index contributed by atoms with van der Waals surface area (Å²) >= 11 is 0. The molecule has 0 spiro atoms. The van der Waals surface area contributed by atoms with Crippen molar-refractivity contribution in [2.45, 2.75) is 102 Å². The minimum Gasteiger partial charge on any atom is -0.493 e. The van der Waals surface area contributed by atoms with Gasteiger partial charge < -0.3 is 42.4 Å². The highest BCUT2D eigenvalue weighted by molar-refractivity contribution is 7.00. The van der Waals surface area contributed by atoms with Crippen LogP contribution in [0.5, 0.6) is 34.5 Å². The summed E-state index contributed by atoms with van der Waals surface area (Å²) < 4.78 is 47.7. The molecule has 0 aromatic heterocycles. The van der Waals surface area contributed by atoms with E-state index in [4.69, 9.17) is 37.3 Å². The molecule has 2 unspecified atom stereocenters. The number of carbonyl (C=O) groups is 2. The van der Waals surface area contributed by atoms with Crippen molar-refractivity contribution in [1.82, 2.24) is 0 Å². The summed E-state index contributed by atoms with van der Waals surface area (Å²) in [6.07, 6.45) is 1.98. The third-order valence-electron chi connectivity index (χ3n) is 13.7. The van der Waals surface area contributed by atoms with Gasteiger partial charge in [0.1, 0.15) is 0 Å². The van der Waals surface area contributed by atoms with Crippen LogP contribution in [0.3, 0.4) is 0 Å². The predicted octanol–water partition coefficient (Wildman–Crippen LogP) is 10.2. The molecule has 0 aliphatic heterocycles. The molecule has 0 amide bonds. The molecule has 6 aromatic carbocycles. The topological polar surface area (TPSA) is 128 Å². The smallest absolute Gasteiger partial charge is 0.305 e. The van der Waals surface area contributed by atoms with E-state index >= 15 is 0 Å². The lowest BCUT2D eigenvalue weighted by atomic mass is 9.99. The van der Waals surface area contributed by atoms with Gasteiger partial charge in [-0.05, 0) is 85.8 Å². The van der Waals surface area contributed by atoms with Gasteiger partial charge in [0.15, 0.2) is 28.8 Å². The number of rotatable bonds is 19. The third kappa shape index (κ3) is 12.2. The number of hydrogen-bond acceptors (Lipinski definition) is 10. The Balaban J connectivity index is 0.000000238. The number of carboxylic acids is 1. The Morgan fingerprint density at radius 1 is 0.575 bits per heavy atom. The molecule has 1 aliphatic rings. The van der Waals surface area contributed by atoms with Crippen LogP contribution >= 0.6 is 0 Å². The van der Waals surface area contributed by atoms with Crippen LogP contribution in [0, 0.1) is 0 Å². The van der Waals surface area contributed by atoms with Gasteiger partial charge in [0.05, 0.1) is 66.9 Å². The molecule has 2 atom stereocenters. The van der Waals surface area contributed by atoms with Gasteiger partial charge in [0.2, 0.25) is 11.5 Å². The summed E-state index contributed by atoms with van der Waals surface area (Å²) in [5.41, 5.74) is 2.43. The molecule has 1 aliphatic carbocycles. The molecular weight excluding hydrogens is 953 g/mol. The zero-order valence-corrected chi connectivity index (χ0v) is 46.7. The van der Waals surface area contributed by atoms with Crippen LogP contribution in [0.4, 0.5) is 0 Å². The zero-order valence-electron chi connectivity index (χ0n) is 44.7. The van der Waals surface area contributed by atoms with Crippen molar-refractivity contribution in [2.75, 3.05) is 42.7 Å². The Morgan fingerprint density at radius 2 is 0.986 bits per heavy atom. The van der Waals surface area contributed by atoms with Gasteiger partial charge in [0.25, 0.3) is 16.6 Å². The number of aliphatic carboxylic acids is 1. The SMILES string of the molecule is COc1cc(CCC(CC(=O)O)O[Si](c2ccccc2)(c2ccccc2)C(C)(C)C)cc(OC)c1OC.COc1cc2c(c(OC)c1OC)C(=O)CC(O[Si](c1ccccc1)(c1ccccc1)C(C)(C)C)CC2. The number of ether oxygens (including phenoxy) is 6. The second-order valence-electron chi connectivity index (χ2n) is 20.3. The molecule has 73 heavy (non-hydrogen) atoms. The molecule has 388 valence electrons. The van der Waals surface area contributed by atoms with Crippen LogP contribution in [0.1, 0.15) is 88.7 Å². The van der Waals surface area contributed by atoms with Gasteiger partial charge in [-0.3, -0.25) is 9.59 Å². The molecule has 0 bridgehead atoms. The van der Waals surface area contributed by atoms with Crippen molar-refractivity contribution >= 4 is 49.1 Å². The zero-order chi connectivity index (χ0) is 53.0. The number of ketones is 1. The summed E-state index contributed by atoms with van der Waals surface area (Å²) in [5, 5.41) is 14.1. The van der Waals surface area contributed by atoms with Crippen LogP contribution in [-0.4, -0.2) is 88.4 Å². The first kappa shape index (κ1) is 55.9. The second kappa shape index (κ2) is 24.6. The van der Waals surface area contributed by atoms with Crippen molar-refractivity contribution in [3.63, 3.8) is 0 Å². The van der Waals surface area contributed by atoms with E-state index in [1.807, 2.05) is 66.7 Å². The van der Waals surface area contributed by atoms with E-state index in [1.54, 1.807) is 42.7 Å². The van der Waals surface area contributed by atoms with E-state index in [-0.39, 0.29) is 34.8 Å². The van der Waals surface area contributed by atoms with Crippen LogP contribution in [0.15, 0.2) is 140 Å². The molecule has 13 heteroatoms. The number of hydrogen-bond donors (Lipinski definition) is 1. The highest BCUT2D eigenvalue weighted by Crippen LogP contribution is 2.46. The van der Waals surface area contributed by atoms with Crippen LogP contribution < -0.4 is 49.2 Å². The van der Waals surface area contributed by atoms with Gasteiger partial charge >= 0.3 is 5.97 Å². The van der Waals surface area contributed by atoms with Gasteiger partial charge in [-0.1, -0.05) is 163 Å². The van der Waals surface area contributed by atoms with Crippen molar-refractivity contribution in [2.24, 2.45) is 0 Å². The maximum atomic E-state index is 13.7. The average Bonchev–Trinajstić information content (AvgIpc) is 3.54. The summed E-state index contributed by atoms with van der Waals surface area (Å²) in [6, 6.07) is 47.3. The Kier molecular flexibility index (Phi) is 18.8. The lowest BCUT2D eigenvalue weighted by Gasteiger charge is -2.45. The van der Waals surface area contributed by atoms with Gasteiger partial charge in [0, 0.05) is 6.42 Å². The minimum atomic E-state index is -2.90. The summed E-state index contributed by atoms with van der Waals surface area (Å²) in [4.78, 5) is 25.7. The number of Topliss-reactive ketones (excluding diaryl/α,β-unsaturated/α-hetero) is 1. The van der Waals surface area contributed by atoms with E-state index in [9.17, 15) is 14.7 Å². The van der Waals surface area contributed by atoms with Crippen LogP contribution in [-0.2, 0) is 26.5 Å². The van der Waals surface area contributed by atoms with E-state index in [2.05, 4.69) is 114 Å². The molecule has 0 heterocycles. The highest BCUT2D eigenvalue weighted by Gasteiger charge is 2.53. The number of benzene rings is 6. The molecule has 0 radical (unpaired) electrons. The molecule has 7 rings (SSSR count). The monoisotopic (exact) mass is 1030 g/mol. The standard InChI is InChI=1S/C30H38O6Si.C30H36O5Si/c1-30(2,3)37(24-13-9-7-10-14-24,25-15-11-8-12-16-25)36-23(21-28(31)32)18-17-22-19-26(33-4)29(35-6)27(20-22)34-5;1-30(2,3)36(23-13-9-7-10-14-23,24-15-11-8-12-16-24)35-22-18-17-21-19-26(32-4)28(33-5)29(34-6)27(21)25(31)20-22/h7-16,19-20,23H,17-18,21H2,1-6H3,(H,31,32);7-16,19,22H,17-18,20H2,1-6H3. The average molecular weight is 1030 g/mol. The lowest BCUT2D eigenvalue weighted by molar-refractivity contribution is -0.139. The molecule has 1 N–H and O–H groups in total. The second-order valence-corrected chi connectivity index (χ2v) is 28.8. The van der Waals surface area contributed by atoms with E-state index in [1.165, 1.54) is 10.4 Å². The first-order chi connectivity index (χ1) is 34.9. The van der Waals surface area contributed by atoms with Crippen LogP contribution in [0.25, 0.3) is 0 Å². The summed E-state index contributed by atoms with van der Waals surface area (Å²) in [6.45, 7) is 13.3. The molecule has 0 saturated carbocycles. The highest BCUT2D eigenvalue weighted by atomic mass is 28.4. The largest absolute Gasteiger partial charge is 0.493 e. The predicted molar refractivity (Wildman–Crippen MR) is 295 cm³/mol. The normalized spacial score (nSPS) is 14.4. The fourth-order valence-corrected chi connectivity index (χ4v) is 19.9. The summed E-state index contributed by atoms with van der Waals surface area (Å²) in [7, 11) is 3.77. The van der Waals surface area contributed by atoms with Crippen molar-refractivity contribution in [1.29, 1.82) is 0 Å². The van der Waals surface area contributed by atoms with Crippen LogP contribution in [0.2, 0.25) is 10.1 Å². The molecule has 11 nitrogen and oxygen atoms in total. The number of carboxylic acid groups (broad SMARTS) is 1. The number of fused-ring (bicyclic) bond motifs is 1. The molecular formula is C60H74O11Si2. The maximum absolute atomic E-state index is 13.7. The minimum absolute atomic E-state index is 0.00300. The number of aryl methyl sites for hydroxylation is 2. The Labute approximate surface area is 435 Å². The quantitative estimate of drug-likeness (QED) is 0.0615. The fourth-order valence-electron chi connectivity index (χ4n) is 10.4. The lowest BCUT2D eigenvalue weighted by Crippen LogP contribution is -2.67. The van der Waals surface area contributed by atoms with E-state index < -0.39 is 28.7 Å². The first-order valence-corrected chi connectivity index (χ1v) is 28.7.